The number of ether oxygens (including phenoxy) is 1. The van der Waals surface area contributed by atoms with E-state index in [9.17, 15) is 4.79 Å². The number of carbonyl (C=O) groups excluding carboxylic acids is 1. The van der Waals surface area contributed by atoms with Crippen LogP contribution in [-0.2, 0) is 4.79 Å². The number of nitrogens with two attached hydrogens (primary N) is 1. The highest BCUT2D eigenvalue weighted by molar-refractivity contribution is 9.10. The molecular weight excluding hydrogens is 322 g/mol. The Kier molecular flexibility index (Phi) is 4.95. The van der Waals surface area contributed by atoms with Gasteiger partial charge in [0.2, 0.25) is 5.91 Å². The van der Waals surface area contributed by atoms with Crippen LogP contribution in [0.4, 0.5) is 11.4 Å². The Morgan fingerprint density at radius 1 is 1.30 bits per heavy atom. The molecule has 0 saturated carbocycles. The molecule has 0 fully saturated rings. The van der Waals surface area contributed by atoms with Crippen LogP contribution in [0.15, 0.2) is 47.2 Å². The number of anilines is 2. The summed E-state index contributed by atoms with van der Waals surface area (Å²) in [4.78, 5) is 15.8. The summed E-state index contributed by atoms with van der Waals surface area (Å²) in [6.45, 7) is 0.262. The number of amides is 1. The van der Waals surface area contributed by atoms with Crippen molar-refractivity contribution in [3.63, 3.8) is 0 Å². The lowest BCUT2D eigenvalue weighted by atomic mass is 10.3. The Labute approximate surface area is 125 Å². The molecule has 0 aliphatic heterocycles. The van der Waals surface area contributed by atoms with Gasteiger partial charge in [-0.3, -0.25) is 4.79 Å². The van der Waals surface area contributed by atoms with Crippen LogP contribution in [0.2, 0.25) is 0 Å². The minimum atomic E-state index is -0.145. The van der Waals surface area contributed by atoms with Gasteiger partial charge in [-0.05, 0) is 40.2 Å². The molecule has 2 aromatic rings. The predicted molar refractivity (Wildman–Crippen MR) is 81.5 cm³/mol. The third-order valence-electron chi connectivity index (χ3n) is 2.54. The second kappa shape index (κ2) is 6.91. The topological polar surface area (TPSA) is 77.2 Å². The van der Waals surface area contributed by atoms with Crippen molar-refractivity contribution in [1.29, 1.82) is 0 Å². The summed E-state index contributed by atoms with van der Waals surface area (Å²) in [7, 11) is 0. The number of nitrogens with zero attached hydrogens (tertiary/aromatic N) is 1. The summed E-state index contributed by atoms with van der Waals surface area (Å²) in [6, 6.07) is 10.7. The molecular formula is C14H14BrN3O2. The van der Waals surface area contributed by atoms with E-state index in [0.717, 1.165) is 0 Å². The number of hydrogen-bond acceptors (Lipinski definition) is 4. The van der Waals surface area contributed by atoms with Crippen LogP contribution in [-0.4, -0.2) is 17.5 Å². The summed E-state index contributed by atoms with van der Waals surface area (Å²) in [5.41, 5.74) is 6.93. The van der Waals surface area contributed by atoms with Gasteiger partial charge in [0, 0.05) is 6.20 Å². The number of benzene rings is 1. The van der Waals surface area contributed by atoms with E-state index in [1.807, 2.05) is 12.1 Å². The van der Waals surface area contributed by atoms with Crippen LogP contribution in [0.1, 0.15) is 6.42 Å². The van der Waals surface area contributed by atoms with Gasteiger partial charge in [-0.15, -0.1) is 0 Å². The zero-order valence-corrected chi connectivity index (χ0v) is 12.3. The zero-order valence-electron chi connectivity index (χ0n) is 10.7. The second-order valence-corrected chi connectivity index (χ2v) is 4.78. The van der Waals surface area contributed by atoms with E-state index < -0.39 is 0 Å². The summed E-state index contributed by atoms with van der Waals surface area (Å²) in [5, 5.41) is 2.75. The third kappa shape index (κ3) is 3.96. The lowest BCUT2D eigenvalue weighted by Gasteiger charge is -2.09. The van der Waals surface area contributed by atoms with Crippen LogP contribution in [0.3, 0.4) is 0 Å². The van der Waals surface area contributed by atoms with Gasteiger partial charge in [0.15, 0.2) is 0 Å². The van der Waals surface area contributed by atoms with Gasteiger partial charge >= 0.3 is 0 Å². The average molecular weight is 336 g/mol. The first-order chi connectivity index (χ1) is 9.66. The van der Waals surface area contributed by atoms with Gasteiger partial charge in [-0.1, -0.05) is 12.1 Å². The predicted octanol–water partition coefficient (Wildman–Crippen LogP) is 2.83. The maximum absolute atomic E-state index is 11.8. The molecule has 5 nitrogen and oxygen atoms in total. The number of rotatable bonds is 5. The maximum atomic E-state index is 11.8. The molecule has 1 aromatic carbocycles. The Morgan fingerprint density at radius 3 is 2.85 bits per heavy atom. The zero-order chi connectivity index (χ0) is 14.4. The van der Waals surface area contributed by atoms with E-state index in [1.165, 1.54) is 0 Å². The lowest BCUT2D eigenvalue weighted by Crippen LogP contribution is -2.15. The van der Waals surface area contributed by atoms with Gasteiger partial charge in [0.25, 0.3) is 0 Å². The van der Waals surface area contributed by atoms with Gasteiger partial charge in [-0.2, -0.15) is 0 Å². The highest BCUT2D eigenvalue weighted by atomic mass is 79.9. The van der Waals surface area contributed by atoms with Gasteiger partial charge in [-0.25, -0.2) is 4.98 Å². The van der Waals surface area contributed by atoms with Gasteiger partial charge < -0.3 is 15.8 Å². The fourth-order valence-corrected chi connectivity index (χ4v) is 1.91. The molecule has 0 radical (unpaired) electrons. The van der Waals surface area contributed by atoms with Crippen molar-refractivity contribution in [1.82, 2.24) is 4.98 Å². The summed E-state index contributed by atoms with van der Waals surface area (Å²) >= 11 is 3.27. The molecule has 3 N–H and O–H groups in total. The highest BCUT2D eigenvalue weighted by Crippen LogP contribution is 2.20. The first-order valence-electron chi connectivity index (χ1n) is 6.04. The molecule has 0 saturated heterocycles. The molecule has 1 aromatic heterocycles. The number of pyridine rings is 1. The van der Waals surface area contributed by atoms with Crippen molar-refractivity contribution < 1.29 is 9.53 Å². The van der Waals surface area contributed by atoms with Crippen molar-refractivity contribution in [2.75, 3.05) is 17.7 Å². The van der Waals surface area contributed by atoms with Gasteiger partial charge in [0.1, 0.15) is 10.4 Å². The highest BCUT2D eigenvalue weighted by Gasteiger charge is 2.06. The van der Waals surface area contributed by atoms with Crippen molar-refractivity contribution in [3.8, 4) is 5.75 Å². The molecule has 6 heteroatoms. The van der Waals surface area contributed by atoms with Crippen molar-refractivity contribution >= 4 is 33.2 Å². The molecule has 20 heavy (non-hydrogen) atoms. The Morgan fingerprint density at radius 2 is 2.10 bits per heavy atom. The SMILES string of the molecule is Nc1ccccc1OCCC(=O)Nc1cccnc1Br. The minimum absolute atomic E-state index is 0.145. The molecule has 0 aliphatic rings. The molecule has 0 bridgehead atoms. The Balaban J connectivity index is 1.82. The van der Waals surface area contributed by atoms with E-state index >= 15 is 0 Å². The number of carbonyl (C=O) groups is 1. The largest absolute Gasteiger partial charge is 0.491 e. The van der Waals surface area contributed by atoms with Crippen LogP contribution in [0, 0.1) is 0 Å². The van der Waals surface area contributed by atoms with Crippen LogP contribution in [0.5, 0.6) is 5.75 Å². The number of nitrogen functional groups attached to an aromatic ring is 1. The smallest absolute Gasteiger partial charge is 0.227 e. The van der Waals surface area contributed by atoms with Crippen LogP contribution >= 0.6 is 15.9 Å². The second-order valence-electron chi connectivity index (χ2n) is 4.03. The van der Waals surface area contributed by atoms with Crippen LogP contribution in [0.25, 0.3) is 0 Å². The first kappa shape index (κ1) is 14.3. The summed E-state index contributed by atoms with van der Waals surface area (Å²) in [5.74, 6) is 0.441. The van der Waals surface area contributed by atoms with E-state index in [2.05, 4.69) is 26.2 Å². The molecule has 0 aliphatic carbocycles. The van der Waals surface area contributed by atoms with E-state index in [-0.39, 0.29) is 18.9 Å². The fraction of sp³-hybridized carbons (Fsp3) is 0.143. The Bertz CT molecular complexity index is 604. The first-order valence-corrected chi connectivity index (χ1v) is 6.84. The standard InChI is InChI=1S/C14H14BrN3O2/c15-14-11(5-3-8-17-14)18-13(19)7-9-20-12-6-2-1-4-10(12)16/h1-6,8H,7,9,16H2,(H,18,19). The van der Waals surface area contributed by atoms with Crippen molar-refractivity contribution in [2.45, 2.75) is 6.42 Å². The number of halogens is 1. The van der Waals surface area contributed by atoms with E-state index in [1.54, 1.807) is 30.5 Å². The molecule has 104 valence electrons. The minimum Gasteiger partial charge on any atom is -0.491 e. The summed E-state index contributed by atoms with van der Waals surface area (Å²) in [6.07, 6.45) is 1.87. The molecule has 0 spiro atoms. The van der Waals surface area contributed by atoms with E-state index in [0.29, 0.717) is 21.7 Å². The number of para-hydroxylation sites is 2. The molecule has 1 heterocycles. The van der Waals surface area contributed by atoms with Crippen molar-refractivity contribution in [2.24, 2.45) is 0 Å². The Hall–Kier alpha value is -2.08. The maximum Gasteiger partial charge on any atom is 0.227 e. The quantitative estimate of drug-likeness (QED) is 0.650. The lowest BCUT2D eigenvalue weighted by molar-refractivity contribution is -0.116. The third-order valence-corrected chi connectivity index (χ3v) is 3.17. The molecule has 0 atom stereocenters. The molecule has 2 rings (SSSR count). The molecule has 0 unspecified atom stereocenters. The van der Waals surface area contributed by atoms with Gasteiger partial charge in [0.05, 0.1) is 24.4 Å². The average Bonchev–Trinajstić information content (AvgIpc) is 2.43. The monoisotopic (exact) mass is 335 g/mol. The molecule has 1 amide bonds. The fourth-order valence-electron chi connectivity index (χ4n) is 1.56. The van der Waals surface area contributed by atoms with Crippen molar-refractivity contribution in [3.05, 3.63) is 47.2 Å². The number of hydrogen-bond donors (Lipinski definition) is 2. The number of aromatic nitrogens is 1. The van der Waals surface area contributed by atoms with E-state index in [4.69, 9.17) is 10.5 Å². The number of nitrogens with one attached hydrogen (secondary N) is 1. The van der Waals surface area contributed by atoms with Crippen LogP contribution < -0.4 is 15.8 Å². The normalized spacial score (nSPS) is 10.1. The summed E-state index contributed by atoms with van der Waals surface area (Å²) < 4.78 is 6.06.